The number of nitrogens with zero attached hydrogens (tertiary/aromatic N) is 1. The van der Waals surface area contributed by atoms with Crippen molar-refractivity contribution < 1.29 is 28.6 Å². The van der Waals surface area contributed by atoms with E-state index in [9.17, 15) is 14.4 Å². The van der Waals surface area contributed by atoms with Crippen LogP contribution in [0.1, 0.15) is 58.1 Å². The number of hydrogen-bond donors (Lipinski definition) is 1. The van der Waals surface area contributed by atoms with E-state index in [4.69, 9.17) is 14.2 Å². The fourth-order valence-electron chi connectivity index (χ4n) is 4.71. The van der Waals surface area contributed by atoms with Gasteiger partial charge in [0.2, 0.25) is 0 Å². The van der Waals surface area contributed by atoms with Crippen molar-refractivity contribution in [1.29, 1.82) is 0 Å². The van der Waals surface area contributed by atoms with E-state index < -0.39 is 35.2 Å². The number of amides is 1. The number of esters is 2. The Balaban J connectivity index is 2.00. The van der Waals surface area contributed by atoms with Crippen LogP contribution < -0.4 is 5.32 Å². The number of benzene rings is 2. The summed E-state index contributed by atoms with van der Waals surface area (Å²) < 4.78 is 16.2. The Morgan fingerprint density at radius 1 is 0.946 bits per heavy atom. The summed E-state index contributed by atoms with van der Waals surface area (Å²) in [5, 5.41) is 2.76. The van der Waals surface area contributed by atoms with Crippen molar-refractivity contribution in [2.24, 2.45) is 0 Å². The summed E-state index contributed by atoms with van der Waals surface area (Å²) >= 11 is 0. The highest BCUT2D eigenvalue weighted by Gasteiger charge is 2.55. The second kappa shape index (κ2) is 12.2. The maximum absolute atomic E-state index is 13.3. The van der Waals surface area contributed by atoms with Crippen LogP contribution in [0.25, 0.3) is 0 Å². The van der Waals surface area contributed by atoms with Gasteiger partial charge in [0, 0.05) is 25.4 Å². The Bertz CT molecular complexity index is 1010. The summed E-state index contributed by atoms with van der Waals surface area (Å²) in [6, 6.07) is 19.3. The number of nitrogens with one attached hydrogen (secondary N) is 1. The van der Waals surface area contributed by atoms with Crippen molar-refractivity contribution in [3.8, 4) is 0 Å². The van der Waals surface area contributed by atoms with Crippen LogP contribution in [-0.4, -0.2) is 66.4 Å². The lowest BCUT2D eigenvalue weighted by Crippen LogP contribution is -2.58. The molecule has 8 nitrogen and oxygen atoms in total. The zero-order chi connectivity index (χ0) is 27.1. The monoisotopic (exact) mass is 510 g/mol. The smallest absolute Gasteiger partial charge is 0.408 e. The first-order valence-corrected chi connectivity index (χ1v) is 12.8. The molecule has 1 N–H and O–H groups in total. The number of carbonyl (C=O) groups excluding carboxylic acids is 3. The molecule has 0 aromatic heterocycles. The summed E-state index contributed by atoms with van der Waals surface area (Å²) in [6.45, 7) is 9.52. The molecule has 2 aromatic rings. The molecule has 37 heavy (non-hydrogen) atoms. The topological polar surface area (TPSA) is 94.2 Å². The Kier molecular flexibility index (Phi) is 9.32. The molecular formula is C29H38N2O6. The van der Waals surface area contributed by atoms with Crippen molar-refractivity contribution in [3.05, 3.63) is 71.8 Å². The van der Waals surface area contributed by atoms with Gasteiger partial charge in [-0.25, -0.2) is 9.59 Å². The zero-order valence-electron chi connectivity index (χ0n) is 22.4. The second-order valence-electron chi connectivity index (χ2n) is 10.2. The lowest BCUT2D eigenvalue weighted by atomic mass is 9.90. The van der Waals surface area contributed by atoms with Gasteiger partial charge in [0.05, 0.1) is 13.2 Å². The normalized spacial score (nSPS) is 19.9. The number of alkyl carbamates (subject to hydrolysis) is 1. The highest BCUT2D eigenvalue weighted by Crippen LogP contribution is 2.34. The third-order valence-corrected chi connectivity index (χ3v) is 6.24. The van der Waals surface area contributed by atoms with Crippen molar-refractivity contribution >= 4 is 18.0 Å². The van der Waals surface area contributed by atoms with E-state index in [0.29, 0.717) is 6.54 Å². The molecule has 0 bridgehead atoms. The van der Waals surface area contributed by atoms with E-state index in [1.807, 2.05) is 65.6 Å². The van der Waals surface area contributed by atoms with E-state index >= 15 is 0 Å². The number of likely N-dealkylation sites (tertiary alicyclic amines) is 1. The van der Waals surface area contributed by atoms with Crippen molar-refractivity contribution in [1.82, 2.24) is 10.2 Å². The molecule has 2 atom stereocenters. The third-order valence-electron chi connectivity index (χ3n) is 6.24. The predicted octanol–water partition coefficient (Wildman–Crippen LogP) is 4.28. The molecule has 1 fully saturated rings. The Morgan fingerprint density at radius 3 is 1.97 bits per heavy atom. The van der Waals surface area contributed by atoms with Gasteiger partial charge in [0.25, 0.3) is 0 Å². The first-order valence-electron chi connectivity index (χ1n) is 12.8. The molecule has 200 valence electrons. The van der Waals surface area contributed by atoms with Crippen LogP contribution in [-0.2, 0) is 23.8 Å². The molecule has 1 saturated heterocycles. The first-order chi connectivity index (χ1) is 17.6. The number of carbonyl (C=O) groups is 3. The van der Waals surface area contributed by atoms with E-state index in [1.54, 1.807) is 34.6 Å². The van der Waals surface area contributed by atoms with E-state index in [2.05, 4.69) is 5.32 Å². The van der Waals surface area contributed by atoms with Gasteiger partial charge in [-0.3, -0.25) is 9.69 Å². The van der Waals surface area contributed by atoms with Gasteiger partial charge in [-0.1, -0.05) is 60.7 Å². The van der Waals surface area contributed by atoms with Gasteiger partial charge in [-0.15, -0.1) is 0 Å². The maximum Gasteiger partial charge on any atom is 0.408 e. The van der Waals surface area contributed by atoms with Gasteiger partial charge in [0.15, 0.2) is 5.54 Å². The van der Waals surface area contributed by atoms with Crippen LogP contribution >= 0.6 is 0 Å². The molecule has 0 radical (unpaired) electrons. The van der Waals surface area contributed by atoms with Gasteiger partial charge in [-0.05, 0) is 45.7 Å². The number of ether oxygens (including phenoxy) is 3. The fourth-order valence-corrected chi connectivity index (χ4v) is 4.71. The summed E-state index contributed by atoms with van der Waals surface area (Å²) in [7, 11) is 0. The predicted molar refractivity (Wildman–Crippen MR) is 140 cm³/mol. The van der Waals surface area contributed by atoms with E-state index in [1.165, 1.54) is 0 Å². The average Bonchev–Trinajstić information content (AvgIpc) is 3.22. The van der Waals surface area contributed by atoms with Gasteiger partial charge in [-0.2, -0.15) is 0 Å². The quantitative estimate of drug-likeness (QED) is 0.397. The summed E-state index contributed by atoms with van der Waals surface area (Å²) in [5.41, 5.74) is -0.0758. The van der Waals surface area contributed by atoms with Crippen LogP contribution in [0.3, 0.4) is 0 Å². The second-order valence-corrected chi connectivity index (χ2v) is 10.2. The maximum atomic E-state index is 13.3. The van der Waals surface area contributed by atoms with Gasteiger partial charge in [0.1, 0.15) is 11.6 Å². The highest BCUT2D eigenvalue weighted by atomic mass is 16.6. The van der Waals surface area contributed by atoms with Crippen molar-refractivity contribution in [2.75, 3.05) is 26.3 Å². The Morgan fingerprint density at radius 2 is 1.49 bits per heavy atom. The first kappa shape index (κ1) is 28.2. The van der Waals surface area contributed by atoms with Gasteiger partial charge < -0.3 is 19.5 Å². The Labute approximate surface area is 219 Å². The molecule has 1 heterocycles. The van der Waals surface area contributed by atoms with Crippen LogP contribution in [0.2, 0.25) is 0 Å². The zero-order valence-corrected chi connectivity index (χ0v) is 22.4. The molecular weight excluding hydrogens is 472 g/mol. The minimum absolute atomic E-state index is 0.0141. The minimum Gasteiger partial charge on any atom is -0.465 e. The van der Waals surface area contributed by atoms with Crippen LogP contribution in [0, 0.1) is 0 Å². The number of rotatable bonds is 9. The molecule has 3 rings (SSSR count). The molecule has 0 saturated carbocycles. The van der Waals surface area contributed by atoms with Gasteiger partial charge >= 0.3 is 18.0 Å². The third kappa shape index (κ3) is 7.32. The molecule has 1 aliphatic heterocycles. The molecule has 0 aliphatic carbocycles. The standard InChI is InChI=1S/C29H38N2O6/c1-6-35-25(32)24-18-29(26(33)36-7-2,30-27(34)37-28(3,4)5)20-31(24)19-23(21-14-10-8-11-15-21)22-16-12-9-13-17-22/h8-17,23-24H,6-7,18-20H2,1-5H3,(H,30,34). The molecule has 2 aromatic carbocycles. The molecule has 0 spiro atoms. The average molecular weight is 511 g/mol. The largest absolute Gasteiger partial charge is 0.465 e. The summed E-state index contributed by atoms with van der Waals surface area (Å²) in [6.07, 6.45) is -0.729. The molecule has 2 unspecified atom stereocenters. The fraction of sp³-hybridized carbons (Fsp3) is 0.483. The Hall–Kier alpha value is -3.39. The van der Waals surface area contributed by atoms with Crippen LogP contribution in [0.5, 0.6) is 0 Å². The SMILES string of the molecule is CCOC(=O)C1CC(NC(=O)OC(C)(C)C)(C(=O)OCC)CN1CC(c1ccccc1)c1ccccc1. The molecule has 8 heteroatoms. The summed E-state index contributed by atoms with van der Waals surface area (Å²) in [5.74, 6) is -1.13. The molecule has 1 aliphatic rings. The van der Waals surface area contributed by atoms with Crippen LogP contribution in [0.15, 0.2) is 60.7 Å². The van der Waals surface area contributed by atoms with E-state index in [-0.39, 0.29) is 32.1 Å². The number of hydrogen-bond acceptors (Lipinski definition) is 7. The van der Waals surface area contributed by atoms with E-state index in [0.717, 1.165) is 11.1 Å². The van der Waals surface area contributed by atoms with Crippen LogP contribution in [0.4, 0.5) is 4.79 Å². The summed E-state index contributed by atoms with van der Waals surface area (Å²) in [4.78, 5) is 41.2. The van der Waals surface area contributed by atoms with Crippen molar-refractivity contribution in [2.45, 2.75) is 64.1 Å². The molecule has 1 amide bonds. The lowest BCUT2D eigenvalue weighted by Gasteiger charge is -2.31. The van der Waals surface area contributed by atoms with Crippen molar-refractivity contribution in [3.63, 3.8) is 0 Å². The minimum atomic E-state index is -1.46. The highest BCUT2D eigenvalue weighted by molar-refractivity contribution is 5.89. The lowest BCUT2D eigenvalue weighted by molar-refractivity contribution is -0.150.